The van der Waals surface area contributed by atoms with Gasteiger partial charge in [0.05, 0.1) is 31.0 Å². The topological polar surface area (TPSA) is 79.1 Å². The molecule has 0 bridgehead atoms. The molecule has 0 saturated carbocycles. The smallest absolute Gasteiger partial charge is 0.326 e. The van der Waals surface area contributed by atoms with E-state index in [1.54, 1.807) is 51.7 Å². The number of thiazole rings is 1. The molecule has 1 amide bonds. The van der Waals surface area contributed by atoms with E-state index in [2.05, 4.69) is 4.99 Å². The molecule has 0 atom stereocenters. The molecule has 25 heavy (non-hydrogen) atoms. The minimum Gasteiger partial charge on any atom is -0.493 e. The molecule has 0 radical (unpaired) electrons. The molecule has 0 fully saturated rings. The van der Waals surface area contributed by atoms with Gasteiger partial charge in [0.15, 0.2) is 16.3 Å². The second-order valence-electron chi connectivity index (χ2n) is 5.56. The molecule has 2 aromatic rings. The molecule has 1 aromatic heterocycles. The van der Waals surface area contributed by atoms with Crippen LogP contribution < -0.4 is 14.3 Å². The van der Waals surface area contributed by atoms with E-state index < -0.39 is 5.97 Å². The zero-order valence-corrected chi connectivity index (χ0v) is 15.8. The van der Waals surface area contributed by atoms with E-state index in [1.807, 2.05) is 0 Å². The van der Waals surface area contributed by atoms with Gasteiger partial charge in [-0.2, -0.15) is 4.99 Å². The van der Waals surface area contributed by atoms with Gasteiger partial charge in [0.25, 0.3) is 5.91 Å². The summed E-state index contributed by atoms with van der Waals surface area (Å²) in [4.78, 5) is 28.7. The van der Waals surface area contributed by atoms with Crippen LogP contribution in [-0.2, 0) is 20.9 Å². The van der Waals surface area contributed by atoms with Crippen LogP contribution >= 0.6 is 11.3 Å². The lowest BCUT2D eigenvalue weighted by atomic mass is 10.2. The molecule has 7 nitrogen and oxygen atoms in total. The van der Waals surface area contributed by atoms with Gasteiger partial charge in [0, 0.05) is 18.1 Å². The Hall–Kier alpha value is -2.35. The summed E-state index contributed by atoms with van der Waals surface area (Å²) in [6, 6.07) is 3.57. The first-order valence-corrected chi connectivity index (χ1v) is 8.72. The maximum Gasteiger partial charge on any atom is 0.326 e. The van der Waals surface area contributed by atoms with E-state index in [4.69, 9.17) is 14.2 Å². The lowest BCUT2D eigenvalue weighted by molar-refractivity contribution is -0.143. The summed E-state index contributed by atoms with van der Waals surface area (Å²) in [7, 11) is 3.09. The van der Waals surface area contributed by atoms with Gasteiger partial charge in [0.1, 0.15) is 6.54 Å². The number of methoxy groups -OCH3 is 2. The van der Waals surface area contributed by atoms with E-state index in [1.165, 1.54) is 11.3 Å². The van der Waals surface area contributed by atoms with Crippen LogP contribution in [0.3, 0.4) is 0 Å². The number of esters is 1. The predicted molar refractivity (Wildman–Crippen MR) is 95.0 cm³/mol. The summed E-state index contributed by atoms with van der Waals surface area (Å²) in [6.45, 7) is 5.56. The van der Waals surface area contributed by atoms with Crippen LogP contribution in [0, 0.1) is 5.92 Å². The Kier molecular flexibility index (Phi) is 6.19. The summed E-state index contributed by atoms with van der Waals surface area (Å²) in [6.07, 6.45) is 0. The number of hydrogen-bond donors (Lipinski definition) is 0. The summed E-state index contributed by atoms with van der Waals surface area (Å²) in [5.74, 6) is 0.234. The first kappa shape index (κ1) is 19.0. The maximum absolute atomic E-state index is 12.1. The Labute approximate surface area is 149 Å². The van der Waals surface area contributed by atoms with Crippen molar-refractivity contribution in [2.45, 2.75) is 27.3 Å². The molecule has 0 spiro atoms. The van der Waals surface area contributed by atoms with Gasteiger partial charge in [-0.3, -0.25) is 9.59 Å². The molecule has 136 valence electrons. The van der Waals surface area contributed by atoms with Gasteiger partial charge in [-0.25, -0.2) is 0 Å². The second-order valence-corrected chi connectivity index (χ2v) is 6.56. The summed E-state index contributed by atoms with van der Waals surface area (Å²) in [5, 5.41) is 0. The fourth-order valence-corrected chi connectivity index (χ4v) is 3.24. The van der Waals surface area contributed by atoms with E-state index >= 15 is 0 Å². The molecule has 0 aliphatic carbocycles. The quantitative estimate of drug-likeness (QED) is 0.734. The zero-order valence-electron chi connectivity index (χ0n) is 15.0. The number of aromatic nitrogens is 1. The molecule has 0 saturated heterocycles. The monoisotopic (exact) mass is 366 g/mol. The average molecular weight is 366 g/mol. The van der Waals surface area contributed by atoms with Gasteiger partial charge >= 0.3 is 5.97 Å². The van der Waals surface area contributed by atoms with Crippen LogP contribution in [0.5, 0.6) is 11.5 Å². The molecule has 1 aromatic carbocycles. The third-order valence-corrected chi connectivity index (χ3v) is 4.52. The molecule has 8 heteroatoms. The number of amides is 1. The fraction of sp³-hybridized carbons (Fsp3) is 0.471. The number of fused-ring (bicyclic) bond motifs is 1. The molecule has 0 N–H and O–H groups in total. The summed E-state index contributed by atoms with van der Waals surface area (Å²) >= 11 is 1.31. The second kappa shape index (κ2) is 8.15. The van der Waals surface area contributed by atoms with Crippen molar-refractivity contribution >= 4 is 33.4 Å². The molecule has 0 unspecified atom stereocenters. The average Bonchev–Trinajstić information content (AvgIpc) is 2.89. The fourth-order valence-electron chi connectivity index (χ4n) is 2.19. The highest BCUT2D eigenvalue weighted by atomic mass is 32.1. The maximum atomic E-state index is 12.1. The Balaban J connectivity index is 2.68. The Morgan fingerprint density at radius 2 is 1.84 bits per heavy atom. The highest BCUT2D eigenvalue weighted by Crippen LogP contribution is 2.33. The normalized spacial score (nSPS) is 11.8. The van der Waals surface area contributed by atoms with Gasteiger partial charge in [-0.05, 0) is 6.92 Å². The van der Waals surface area contributed by atoms with Crippen molar-refractivity contribution in [3.63, 3.8) is 0 Å². The number of nitrogens with zero attached hydrogens (tertiary/aromatic N) is 2. The van der Waals surface area contributed by atoms with Crippen LogP contribution in [0.15, 0.2) is 17.1 Å². The molecule has 0 aliphatic heterocycles. The van der Waals surface area contributed by atoms with E-state index in [0.29, 0.717) is 16.3 Å². The number of carbonyl (C=O) groups excluding carboxylic acids is 2. The lowest BCUT2D eigenvalue weighted by Crippen LogP contribution is -2.23. The van der Waals surface area contributed by atoms with E-state index in [9.17, 15) is 9.59 Å². The molecular formula is C17H22N2O5S. The van der Waals surface area contributed by atoms with E-state index in [0.717, 1.165) is 10.2 Å². The van der Waals surface area contributed by atoms with Crippen molar-refractivity contribution in [2.75, 3.05) is 20.8 Å². The SMILES string of the molecule is CCOC(=O)Cn1c(=NC(=O)C(C)C)sc2cc(OC)c(OC)cc21. The van der Waals surface area contributed by atoms with Crippen LogP contribution in [0.4, 0.5) is 0 Å². The van der Waals surface area contributed by atoms with Gasteiger partial charge in [-0.1, -0.05) is 25.2 Å². The summed E-state index contributed by atoms with van der Waals surface area (Å²) < 4.78 is 18.2. The molecule has 2 rings (SSSR count). The highest BCUT2D eigenvalue weighted by molar-refractivity contribution is 7.16. The molecule has 1 heterocycles. The van der Waals surface area contributed by atoms with Crippen molar-refractivity contribution in [1.82, 2.24) is 4.57 Å². The first-order chi connectivity index (χ1) is 11.9. The van der Waals surface area contributed by atoms with Crippen molar-refractivity contribution in [2.24, 2.45) is 10.9 Å². The third kappa shape index (κ3) is 4.19. The standard InChI is InChI=1S/C17H22N2O5S/c1-6-24-15(20)9-19-11-7-12(22-4)13(23-5)8-14(11)25-17(19)18-16(21)10(2)3/h7-8,10H,6,9H2,1-5H3. The van der Waals surface area contributed by atoms with Crippen LogP contribution in [0.25, 0.3) is 10.2 Å². The van der Waals surface area contributed by atoms with Crippen molar-refractivity contribution in [3.05, 3.63) is 16.9 Å². The van der Waals surface area contributed by atoms with Crippen molar-refractivity contribution in [1.29, 1.82) is 0 Å². The van der Waals surface area contributed by atoms with Gasteiger partial charge in [0.2, 0.25) is 0 Å². The van der Waals surface area contributed by atoms with Crippen LogP contribution in [0.2, 0.25) is 0 Å². The number of benzene rings is 1. The third-order valence-electron chi connectivity index (χ3n) is 3.48. The van der Waals surface area contributed by atoms with Gasteiger partial charge < -0.3 is 18.8 Å². The zero-order chi connectivity index (χ0) is 18.6. The Bertz CT molecular complexity index is 851. The van der Waals surface area contributed by atoms with E-state index in [-0.39, 0.29) is 25.0 Å². The number of hydrogen-bond acceptors (Lipinski definition) is 6. The highest BCUT2D eigenvalue weighted by Gasteiger charge is 2.16. The minimum atomic E-state index is -0.393. The Morgan fingerprint density at radius 1 is 1.20 bits per heavy atom. The van der Waals surface area contributed by atoms with Crippen LogP contribution in [-0.4, -0.2) is 37.3 Å². The number of rotatable bonds is 6. The predicted octanol–water partition coefficient (Wildman–Crippen LogP) is 2.37. The Morgan fingerprint density at radius 3 is 2.40 bits per heavy atom. The minimum absolute atomic E-state index is 0.0342. The molecule has 0 aliphatic rings. The number of carbonyl (C=O) groups is 2. The van der Waals surface area contributed by atoms with Crippen molar-refractivity contribution < 1.29 is 23.8 Å². The lowest BCUT2D eigenvalue weighted by Gasteiger charge is -2.09. The summed E-state index contributed by atoms with van der Waals surface area (Å²) in [5.41, 5.74) is 0.728. The van der Waals surface area contributed by atoms with Crippen LogP contribution in [0.1, 0.15) is 20.8 Å². The van der Waals surface area contributed by atoms with Crippen molar-refractivity contribution in [3.8, 4) is 11.5 Å². The number of ether oxygens (including phenoxy) is 3. The first-order valence-electron chi connectivity index (χ1n) is 7.90. The largest absolute Gasteiger partial charge is 0.493 e. The molecular weight excluding hydrogens is 344 g/mol. The van der Waals surface area contributed by atoms with Gasteiger partial charge in [-0.15, -0.1) is 0 Å².